The molecule has 6 atom stereocenters. The summed E-state index contributed by atoms with van der Waals surface area (Å²) in [5.74, 6) is -1.61. The summed E-state index contributed by atoms with van der Waals surface area (Å²) >= 11 is 0. The molecule has 5 N–H and O–H groups in total. The number of aliphatic hydroxyl groups excluding tert-OH is 2. The van der Waals surface area contributed by atoms with Gasteiger partial charge in [-0.1, -0.05) is 19.1 Å². The summed E-state index contributed by atoms with van der Waals surface area (Å²) in [5, 5.41) is 31.4. The Balaban J connectivity index is 1.64. The zero-order valence-corrected chi connectivity index (χ0v) is 21.4. The molecule has 2 aromatic rings. The minimum Gasteiger partial charge on any atom is -0.507 e. The van der Waals surface area contributed by atoms with Crippen LogP contribution in [0.25, 0.3) is 0 Å². The molecule has 38 heavy (non-hydrogen) atoms. The number of rotatable bonds is 5. The van der Waals surface area contributed by atoms with Gasteiger partial charge >= 0.3 is 0 Å². The first-order valence-corrected chi connectivity index (χ1v) is 12.5. The highest BCUT2D eigenvalue weighted by molar-refractivity contribution is 6.30. The molecule has 1 saturated heterocycles. The number of ether oxygens (including phenoxy) is 3. The van der Waals surface area contributed by atoms with Gasteiger partial charge in [0.25, 0.3) is 0 Å². The quantitative estimate of drug-likeness (QED) is 0.384. The van der Waals surface area contributed by atoms with Crippen LogP contribution in [-0.4, -0.2) is 70.9 Å². The molecule has 0 saturated carbocycles. The third-order valence-electron chi connectivity index (χ3n) is 8.04. The average Bonchev–Trinajstić information content (AvgIpc) is 2.88. The Morgan fingerprint density at radius 1 is 1.21 bits per heavy atom. The van der Waals surface area contributed by atoms with E-state index in [0.29, 0.717) is 5.56 Å². The van der Waals surface area contributed by atoms with Gasteiger partial charge in [0, 0.05) is 34.6 Å². The molecule has 2 aromatic carbocycles. The van der Waals surface area contributed by atoms with Crippen LogP contribution in [-0.2, 0) is 20.7 Å². The fourth-order valence-electron chi connectivity index (χ4n) is 5.93. The number of benzene rings is 2. The predicted octanol–water partition coefficient (Wildman–Crippen LogP) is 1.57. The number of aromatic hydroxyl groups is 1. The summed E-state index contributed by atoms with van der Waals surface area (Å²) in [6.07, 6.45) is -2.91. The lowest BCUT2D eigenvalue weighted by Crippen LogP contribution is -2.52. The maximum absolute atomic E-state index is 13.7. The number of nitrogens with two attached hydrogens (primary N) is 1. The van der Waals surface area contributed by atoms with E-state index in [1.165, 1.54) is 19.2 Å². The van der Waals surface area contributed by atoms with E-state index >= 15 is 0 Å². The zero-order chi connectivity index (χ0) is 27.5. The molecule has 0 spiro atoms. The molecular weight excluding hydrogens is 494 g/mol. The molecule has 10 heteroatoms. The van der Waals surface area contributed by atoms with Crippen LogP contribution in [0.3, 0.4) is 0 Å². The van der Waals surface area contributed by atoms with Crippen LogP contribution in [0.5, 0.6) is 11.5 Å². The number of phenols is 1. The van der Waals surface area contributed by atoms with Gasteiger partial charge < -0.3 is 35.3 Å². The maximum Gasteiger partial charge on any atom is 0.201 e. The van der Waals surface area contributed by atoms with Gasteiger partial charge in [0.05, 0.1) is 36.5 Å². The molecule has 0 radical (unpaired) electrons. The van der Waals surface area contributed by atoms with Gasteiger partial charge in [-0.15, -0.1) is 0 Å². The first-order valence-electron chi connectivity index (χ1n) is 12.5. The molecule has 0 bridgehead atoms. The Bertz CT molecular complexity index is 1330. The molecule has 2 aliphatic carbocycles. The maximum atomic E-state index is 13.7. The van der Waals surface area contributed by atoms with Crippen molar-refractivity contribution in [3.63, 3.8) is 0 Å². The Morgan fingerprint density at radius 2 is 1.95 bits per heavy atom. The number of Topliss-reactive ketones (excluding diaryl/α,β-unsaturated/α-hetero) is 1. The van der Waals surface area contributed by atoms with Crippen LogP contribution < -0.4 is 10.5 Å². The van der Waals surface area contributed by atoms with Crippen molar-refractivity contribution in [3.8, 4) is 11.5 Å². The fourth-order valence-corrected chi connectivity index (χ4v) is 5.93. The van der Waals surface area contributed by atoms with Gasteiger partial charge in [0.15, 0.2) is 17.9 Å². The summed E-state index contributed by atoms with van der Waals surface area (Å²) in [6, 6.07) is 5.63. The van der Waals surface area contributed by atoms with E-state index < -0.39 is 65.8 Å². The van der Waals surface area contributed by atoms with Crippen molar-refractivity contribution in [1.82, 2.24) is 0 Å². The Kier molecular flexibility index (Phi) is 6.65. The van der Waals surface area contributed by atoms with Gasteiger partial charge in [-0.05, 0) is 37.5 Å². The molecule has 1 heterocycles. The van der Waals surface area contributed by atoms with Crippen LogP contribution in [0.15, 0.2) is 24.3 Å². The number of carbonyl (C=O) groups is 3. The minimum atomic E-state index is -1.07. The van der Waals surface area contributed by atoms with Crippen LogP contribution in [0.1, 0.15) is 75.8 Å². The van der Waals surface area contributed by atoms with E-state index in [2.05, 4.69) is 0 Å². The van der Waals surface area contributed by atoms with Crippen molar-refractivity contribution in [2.75, 3.05) is 13.7 Å². The summed E-state index contributed by atoms with van der Waals surface area (Å²) in [6.45, 7) is 2.67. The molecule has 202 valence electrons. The topological polar surface area (TPSA) is 166 Å². The normalized spacial score (nSPS) is 30.3. The number of hydrogen-bond donors (Lipinski definition) is 4. The first-order chi connectivity index (χ1) is 18.0. The average molecular weight is 526 g/mol. The molecule has 1 fully saturated rings. The lowest BCUT2D eigenvalue weighted by Gasteiger charge is -2.42. The summed E-state index contributed by atoms with van der Waals surface area (Å²) in [7, 11) is 1.39. The van der Waals surface area contributed by atoms with Crippen molar-refractivity contribution in [2.24, 2.45) is 11.1 Å². The SMILES string of the molecule is COc1cccc2c1C(=O)c1c(cc3c(c1O)[C@@H](O[C@H]1CC(N)C(O)[C@H](C)O1)C[C@](C)(C(=O)CO)C3)C2=O. The second-order valence-corrected chi connectivity index (χ2v) is 10.6. The number of methoxy groups -OCH3 is 1. The van der Waals surface area contributed by atoms with Crippen molar-refractivity contribution in [3.05, 3.63) is 57.6 Å². The second-order valence-electron chi connectivity index (χ2n) is 10.6. The van der Waals surface area contributed by atoms with Crippen LogP contribution in [0.4, 0.5) is 0 Å². The molecule has 10 nitrogen and oxygen atoms in total. The Labute approximate surface area is 219 Å². The fraction of sp³-hybridized carbons (Fsp3) is 0.464. The summed E-state index contributed by atoms with van der Waals surface area (Å²) in [5.41, 5.74) is 5.85. The van der Waals surface area contributed by atoms with Gasteiger partial charge in [0.1, 0.15) is 18.1 Å². The van der Waals surface area contributed by atoms with Gasteiger partial charge in [-0.25, -0.2) is 0 Å². The molecule has 0 aromatic heterocycles. The Morgan fingerprint density at radius 3 is 2.61 bits per heavy atom. The van der Waals surface area contributed by atoms with E-state index in [4.69, 9.17) is 19.9 Å². The molecule has 2 unspecified atom stereocenters. The van der Waals surface area contributed by atoms with E-state index in [1.807, 2.05) is 0 Å². The van der Waals surface area contributed by atoms with Crippen molar-refractivity contribution >= 4 is 17.3 Å². The van der Waals surface area contributed by atoms with Gasteiger partial charge in [0.2, 0.25) is 5.78 Å². The van der Waals surface area contributed by atoms with E-state index in [-0.39, 0.29) is 52.8 Å². The van der Waals surface area contributed by atoms with E-state index in [9.17, 15) is 29.7 Å². The van der Waals surface area contributed by atoms with Crippen molar-refractivity contribution in [1.29, 1.82) is 0 Å². The van der Waals surface area contributed by atoms with E-state index in [1.54, 1.807) is 26.0 Å². The lowest BCUT2D eigenvalue weighted by molar-refractivity contribution is -0.245. The number of hydrogen-bond acceptors (Lipinski definition) is 10. The highest BCUT2D eigenvalue weighted by Gasteiger charge is 2.47. The number of fused-ring (bicyclic) bond motifs is 3. The van der Waals surface area contributed by atoms with Crippen molar-refractivity contribution in [2.45, 2.75) is 63.8 Å². The third kappa shape index (κ3) is 4.04. The first kappa shape index (κ1) is 26.5. The highest BCUT2D eigenvalue weighted by Crippen LogP contribution is 2.51. The van der Waals surface area contributed by atoms with Crippen molar-refractivity contribution < 1.29 is 43.9 Å². The smallest absolute Gasteiger partial charge is 0.201 e. The Hall–Kier alpha value is -3.15. The molecular formula is C28H31NO9. The number of aliphatic hydroxyl groups is 2. The second kappa shape index (κ2) is 9.55. The highest BCUT2D eigenvalue weighted by atomic mass is 16.7. The molecule has 3 aliphatic rings. The zero-order valence-electron chi connectivity index (χ0n) is 21.4. The standard InChI is InChI=1S/C28H31NO9/c1-12-24(32)16(29)8-20(37-12)38-18-10-28(2,19(31)11-30)9-13-7-15-23(26(34)21(13)18)27(35)22-14(25(15)33)5-4-6-17(22)36-3/h4-7,12,16,18,20,24,30,32,34H,8-11,29H2,1-3H3/t12-,16?,18-,20-,24?,28+/m0/s1. The van der Waals surface area contributed by atoms with Crippen LogP contribution in [0, 0.1) is 5.41 Å². The number of phenolic OH excluding ortho intramolecular Hbond substituents is 1. The molecule has 5 rings (SSSR count). The largest absolute Gasteiger partial charge is 0.507 e. The minimum absolute atomic E-state index is 0.0270. The third-order valence-corrected chi connectivity index (χ3v) is 8.04. The summed E-state index contributed by atoms with van der Waals surface area (Å²) in [4.78, 5) is 40.0. The number of carbonyl (C=O) groups excluding carboxylic acids is 3. The van der Waals surface area contributed by atoms with Crippen LogP contribution in [0.2, 0.25) is 0 Å². The number of ketones is 3. The lowest BCUT2D eigenvalue weighted by atomic mass is 9.67. The summed E-state index contributed by atoms with van der Waals surface area (Å²) < 4.78 is 17.4. The van der Waals surface area contributed by atoms with Gasteiger partial charge in [-0.3, -0.25) is 14.4 Å². The van der Waals surface area contributed by atoms with E-state index in [0.717, 1.165) is 0 Å². The molecule has 1 aliphatic heterocycles. The monoisotopic (exact) mass is 525 g/mol. The van der Waals surface area contributed by atoms with Gasteiger partial charge in [-0.2, -0.15) is 0 Å². The molecule has 0 amide bonds. The predicted molar refractivity (Wildman–Crippen MR) is 133 cm³/mol. The van der Waals surface area contributed by atoms with Crippen LogP contribution >= 0.6 is 0 Å².